The minimum atomic E-state index is -0.394. The molecule has 106 valence electrons. The van der Waals surface area contributed by atoms with Crippen LogP contribution in [-0.4, -0.2) is 22.9 Å². The normalized spacial score (nSPS) is 12.1. The minimum absolute atomic E-state index is 0.0378. The van der Waals surface area contributed by atoms with Crippen LogP contribution < -0.4 is 4.74 Å². The molecule has 3 heteroatoms. The molecule has 0 aliphatic rings. The van der Waals surface area contributed by atoms with Crippen molar-refractivity contribution in [2.75, 3.05) is 6.61 Å². The fraction of sp³-hybridized carbons (Fsp3) is 0.294. The average Bonchev–Trinajstić information content (AvgIpc) is 2.49. The number of aliphatic hydroxyl groups is 2. The first-order chi connectivity index (χ1) is 9.78. The van der Waals surface area contributed by atoms with E-state index in [1.54, 1.807) is 0 Å². The van der Waals surface area contributed by atoms with Gasteiger partial charge in [-0.1, -0.05) is 42.5 Å². The molecule has 0 amide bonds. The highest BCUT2D eigenvalue weighted by molar-refractivity contribution is 5.26. The van der Waals surface area contributed by atoms with Crippen molar-refractivity contribution >= 4 is 0 Å². The van der Waals surface area contributed by atoms with Gasteiger partial charge in [-0.3, -0.25) is 0 Å². The number of rotatable bonds is 7. The van der Waals surface area contributed by atoms with Crippen molar-refractivity contribution in [2.24, 2.45) is 0 Å². The molecule has 0 aliphatic carbocycles. The predicted octanol–water partition coefficient (Wildman–Crippen LogP) is 2.55. The summed E-state index contributed by atoms with van der Waals surface area (Å²) in [6.07, 6.45) is 0.846. The van der Waals surface area contributed by atoms with Gasteiger partial charge in [0.15, 0.2) is 0 Å². The van der Waals surface area contributed by atoms with Gasteiger partial charge in [0.1, 0.15) is 5.75 Å². The summed E-state index contributed by atoms with van der Waals surface area (Å²) in [5.74, 6) is 0.758. The monoisotopic (exact) mass is 272 g/mol. The van der Waals surface area contributed by atoms with Crippen LogP contribution in [0, 0.1) is 0 Å². The Hall–Kier alpha value is -1.84. The van der Waals surface area contributed by atoms with E-state index in [1.807, 2.05) is 54.6 Å². The van der Waals surface area contributed by atoms with E-state index in [2.05, 4.69) is 0 Å². The first-order valence-corrected chi connectivity index (χ1v) is 6.82. The zero-order chi connectivity index (χ0) is 14.2. The minimum Gasteiger partial charge on any atom is -0.493 e. The molecule has 0 aromatic heterocycles. The number of ether oxygens (including phenoxy) is 1. The van der Waals surface area contributed by atoms with Gasteiger partial charge >= 0.3 is 0 Å². The van der Waals surface area contributed by atoms with Crippen LogP contribution in [0.5, 0.6) is 5.75 Å². The van der Waals surface area contributed by atoms with E-state index in [9.17, 15) is 5.11 Å². The molecule has 0 saturated carbocycles. The first-order valence-electron chi connectivity index (χ1n) is 6.82. The van der Waals surface area contributed by atoms with E-state index < -0.39 is 6.10 Å². The standard InChI is InChI=1S/C17H20O3/c18-13-15-6-8-17(9-7-15)20-11-10-16(19)12-14-4-2-1-3-5-14/h1-9,16,18-19H,10-13H2. The van der Waals surface area contributed by atoms with Crippen LogP contribution in [0.15, 0.2) is 54.6 Å². The molecule has 2 aromatic rings. The van der Waals surface area contributed by atoms with Crippen LogP contribution in [0.1, 0.15) is 17.5 Å². The summed E-state index contributed by atoms with van der Waals surface area (Å²) in [6.45, 7) is 0.516. The summed E-state index contributed by atoms with van der Waals surface area (Å²) < 4.78 is 5.57. The van der Waals surface area contributed by atoms with Gasteiger partial charge in [0, 0.05) is 6.42 Å². The zero-order valence-corrected chi connectivity index (χ0v) is 11.4. The van der Waals surface area contributed by atoms with Gasteiger partial charge in [-0.05, 0) is 29.7 Å². The molecule has 0 bridgehead atoms. The van der Waals surface area contributed by atoms with Gasteiger partial charge in [0.2, 0.25) is 0 Å². The highest BCUT2D eigenvalue weighted by atomic mass is 16.5. The molecule has 3 nitrogen and oxygen atoms in total. The second kappa shape index (κ2) is 7.68. The lowest BCUT2D eigenvalue weighted by atomic mass is 10.1. The molecular weight excluding hydrogens is 252 g/mol. The van der Waals surface area contributed by atoms with Gasteiger partial charge in [-0.2, -0.15) is 0 Å². The highest BCUT2D eigenvalue weighted by Crippen LogP contribution is 2.13. The molecule has 1 atom stereocenters. The largest absolute Gasteiger partial charge is 0.493 e. The Balaban J connectivity index is 1.72. The van der Waals surface area contributed by atoms with E-state index in [4.69, 9.17) is 9.84 Å². The number of aliphatic hydroxyl groups excluding tert-OH is 2. The Bertz CT molecular complexity index is 493. The summed E-state index contributed by atoms with van der Waals surface area (Å²) >= 11 is 0. The highest BCUT2D eigenvalue weighted by Gasteiger charge is 2.05. The zero-order valence-electron chi connectivity index (χ0n) is 11.4. The van der Waals surface area contributed by atoms with Crippen LogP contribution in [-0.2, 0) is 13.0 Å². The lowest BCUT2D eigenvalue weighted by molar-refractivity contribution is 0.139. The lowest BCUT2D eigenvalue weighted by Gasteiger charge is -2.12. The first kappa shape index (κ1) is 14.6. The van der Waals surface area contributed by atoms with Gasteiger partial charge in [-0.15, -0.1) is 0 Å². The van der Waals surface area contributed by atoms with Crippen molar-refractivity contribution in [3.8, 4) is 5.75 Å². The Morgan fingerprint density at radius 2 is 1.60 bits per heavy atom. The van der Waals surface area contributed by atoms with Crippen molar-refractivity contribution in [2.45, 2.75) is 25.6 Å². The van der Waals surface area contributed by atoms with Gasteiger partial charge < -0.3 is 14.9 Å². The van der Waals surface area contributed by atoms with Gasteiger partial charge in [0.05, 0.1) is 19.3 Å². The summed E-state index contributed by atoms with van der Waals surface area (Å²) in [4.78, 5) is 0. The summed E-state index contributed by atoms with van der Waals surface area (Å²) in [5.41, 5.74) is 1.99. The summed E-state index contributed by atoms with van der Waals surface area (Å²) in [7, 11) is 0. The second-order valence-corrected chi connectivity index (χ2v) is 4.78. The second-order valence-electron chi connectivity index (χ2n) is 4.78. The lowest BCUT2D eigenvalue weighted by Crippen LogP contribution is -2.14. The number of hydrogen-bond donors (Lipinski definition) is 2. The molecule has 2 aromatic carbocycles. The van der Waals surface area contributed by atoms with Crippen LogP contribution in [0.3, 0.4) is 0 Å². The van der Waals surface area contributed by atoms with E-state index in [0.29, 0.717) is 19.4 Å². The predicted molar refractivity (Wildman–Crippen MR) is 78.6 cm³/mol. The van der Waals surface area contributed by atoms with Crippen molar-refractivity contribution < 1.29 is 14.9 Å². The van der Waals surface area contributed by atoms with Crippen molar-refractivity contribution in [3.63, 3.8) is 0 Å². The third-order valence-corrected chi connectivity index (χ3v) is 3.14. The quantitative estimate of drug-likeness (QED) is 0.814. The topological polar surface area (TPSA) is 49.7 Å². The maximum Gasteiger partial charge on any atom is 0.119 e. The maximum atomic E-state index is 9.95. The molecule has 20 heavy (non-hydrogen) atoms. The Morgan fingerprint density at radius 3 is 2.25 bits per heavy atom. The third-order valence-electron chi connectivity index (χ3n) is 3.14. The molecule has 1 unspecified atom stereocenters. The molecule has 2 rings (SSSR count). The molecule has 2 N–H and O–H groups in total. The van der Waals surface area contributed by atoms with Crippen LogP contribution in [0.2, 0.25) is 0 Å². The van der Waals surface area contributed by atoms with Crippen LogP contribution in [0.25, 0.3) is 0 Å². The van der Waals surface area contributed by atoms with Gasteiger partial charge in [-0.25, -0.2) is 0 Å². The smallest absolute Gasteiger partial charge is 0.119 e. The van der Waals surface area contributed by atoms with Crippen LogP contribution in [0.4, 0.5) is 0 Å². The van der Waals surface area contributed by atoms with Crippen molar-refractivity contribution in [3.05, 3.63) is 65.7 Å². The Morgan fingerprint density at radius 1 is 0.900 bits per heavy atom. The fourth-order valence-corrected chi connectivity index (χ4v) is 1.99. The van der Waals surface area contributed by atoms with E-state index in [1.165, 1.54) is 0 Å². The molecule has 0 fully saturated rings. The number of benzene rings is 2. The maximum absolute atomic E-state index is 9.95. The van der Waals surface area contributed by atoms with Crippen LogP contribution >= 0.6 is 0 Å². The molecule has 0 saturated heterocycles. The summed E-state index contributed by atoms with van der Waals surface area (Å²) in [5, 5.41) is 18.9. The van der Waals surface area contributed by atoms with E-state index >= 15 is 0 Å². The average molecular weight is 272 g/mol. The molecule has 0 aliphatic heterocycles. The van der Waals surface area contributed by atoms with Gasteiger partial charge in [0.25, 0.3) is 0 Å². The molecule has 0 radical (unpaired) electrons. The Kier molecular flexibility index (Phi) is 5.59. The van der Waals surface area contributed by atoms with E-state index in [-0.39, 0.29) is 6.61 Å². The molecule has 0 heterocycles. The third kappa shape index (κ3) is 4.68. The SMILES string of the molecule is OCc1ccc(OCCC(O)Cc2ccccc2)cc1. The summed E-state index contributed by atoms with van der Waals surface area (Å²) in [6, 6.07) is 17.3. The molecule has 0 spiro atoms. The number of hydrogen-bond acceptors (Lipinski definition) is 3. The van der Waals surface area contributed by atoms with Crippen molar-refractivity contribution in [1.29, 1.82) is 0 Å². The fourth-order valence-electron chi connectivity index (χ4n) is 1.99. The van der Waals surface area contributed by atoms with Crippen molar-refractivity contribution in [1.82, 2.24) is 0 Å². The van der Waals surface area contributed by atoms with E-state index in [0.717, 1.165) is 16.9 Å². The molecular formula is C17H20O3. The Labute approximate surface area is 119 Å².